The van der Waals surface area contributed by atoms with Crippen molar-refractivity contribution in [1.82, 2.24) is 0 Å². The smallest absolute Gasteiger partial charge is 0.330 e. The van der Waals surface area contributed by atoms with E-state index in [0.717, 1.165) is 19.9 Å². The van der Waals surface area contributed by atoms with Crippen molar-refractivity contribution in [2.75, 3.05) is 19.8 Å². The van der Waals surface area contributed by atoms with Gasteiger partial charge in [-0.3, -0.25) is 14.4 Å². The zero-order chi connectivity index (χ0) is 36.7. The third kappa shape index (κ3) is 9.58. The number of aliphatic hydroxyl groups is 4. The summed E-state index contributed by atoms with van der Waals surface area (Å²) in [7, 11) is 0. The molecule has 2 fully saturated rings. The highest BCUT2D eigenvalue weighted by atomic mass is 16.7. The highest BCUT2D eigenvalue weighted by Crippen LogP contribution is 2.51. The third-order valence-electron chi connectivity index (χ3n) is 8.57. The van der Waals surface area contributed by atoms with Crippen molar-refractivity contribution < 1.29 is 77.9 Å². The lowest BCUT2D eigenvalue weighted by atomic mass is 9.80. The van der Waals surface area contributed by atoms with Gasteiger partial charge in [-0.25, -0.2) is 4.79 Å². The van der Waals surface area contributed by atoms with Gasteiger partial charge in [0.25, 0.3) is 0 Å². The number of phenolic OH excluding ortho intramolecular Hbond substituents is 1. The summed E-state index contributed by atoms with van der Waals surface area (Å²) in [6.07, 6.45) is -6.77. The second-order valence-electron chi connectivity index (χ2n) is 12.9. The minimum absolute atomic E-state index is 0.0234. The van der Waals surface area contributed by atoms with Gasteiger partial charge in [-0.05, 0) is 41.7 Å². The number of esters is 4. The van der Waals surface area contributed by atoms with E-state index < -0.39 is 97.6 Å². The fourth-order valence-electron chi connectivity index (χ4n) is 6.12. The Balaban J connectivity index is 1.48. The molecule has 1 aromatic rings. The molecule has 0 aromatic heterocycles. The molecule has 16 heteroatoms. The van der Waals surface area contributed by atoms with E-state index in [1.807, 2.05) is 13.8 Å². The Labute approximate surface area is 288 Å². The standard InChI is InChI=1S/C34H44O16/c1-17(2)11-27(39)50-32-28-23(12-25(48-19(4)36)34(28,43)16-47-18(3)35)21(13-45-32)14-46-33-31(42)30(41)29(40)24(49-33)15-44-26(38)10-7-20-5-8-22(37)9-6-20/h5-10,13,17,23-25,28-33,37,40-43H,11-12,14-16H2,1-4H3/t23-,24-,25+,28-,29-,30+,31-,32+,33-,34-/m1/s1. The van der Waals surface area contributed by atoms with Crippen molar-refractivity contribution in [2.24, 2.45) is 17.8 Å². The van der Waals surface area contributed by atoms with Gasteiger partial charge >= 0.3 is 23.9 Å². The molecule has 4 rings (SSSR count). The Hall–Kier alpha value is -4.06. The number of hydrogen-bond donors (Lipinski definition) is 5. The van der Waals surface area contributed by atoms with Crippen LogP contribution in [0.3, 0.4) is 0 Å². The number of carbonyl (C=O) groups excluding carboxylic acids is 4. The summed E-state index contributed by atoms with van der Waals surface area (Å²) in [5.41, 5.74) is -1.10. The van der Waals surface area contributed by atoms with Crippen molar-refractivity contribution in [3.05, 3.63) is 47.7 Å². The van der Waals surface area contributed by atoms with Crippen molar-refractivity contribution >= 4 is 30.0 Å². The number of aromatic hydroxyl groups is 1. The van der Waals surface area contributed by atoms with Crippen LogP contribution in [-0.4, -0.2) is 118 Å². The van der Waals surface area contributed by atoms with E-state index in [-0.39, 0.29) is 31.1 Å². The minimum Gasteiger partial charge on any atom is -0.508 e. The average molecular weight is 709 g/mol. The van der Waals surface area contributed by atoms with Gasteiger partial charge < -0.3 is 58.7 Å². The molecule has 0 unspecified atom stereocenters. The maximum Gasteiger partial charge on any atom is 0.330 e. The molecule has 50 heavy (non-hydrogen) atoms. The summed E-state index contributed by atoms with van der Waals surface area (Å²) in [4.78, 5) is 48.7. The number of rotatable bonds is 13. The van der Waals surface area contributed by atoms with Gasteiger partial charge in [0.05, 0.1) is 18.8 Å². The molecule has 1 saturated carbocycles. The molecule has 2 heterocycles. The number of fused-ring (bicyclic) bond motifs is 1. The maximum atomic E-state index is 12.7. The highest BCUT2D eigenvalue weighted by molar-refractivity contribution is 5.87. The summed E-state index contributed by atoms with van der Waals surface area (Å²) in [6, 6.07) is 6.03. The van der Waals surface area contributed by atoms with Gasteiger partial charge in [-0.1, -0.05) is 26.0 Å². The van der Waals surface area contributed by atoms with E-state index in [4.69, 9.17) is 33.2 Å². The van der Waals surface area contributed by atoms with Crippen molar-refractivity contribution in [3.8, 4) is 5.75 Å². The minimum atomic E-state index is -2.06. The predicted octanol–water partition coefficient (Wildman–Crippen LogP) is 0.464. The van der Waals surface area contributed by atoms with Gasteiger partial charge in [0.15, 0.2) is 6.29 Å². The first-order chi connectivity index (χ1) is 23.6. The Kier molecular flexibility index (Phi) is 13.0. The molecule has 276 valence electrons. The number of hydrogen-bond acceptors (Lipinski definition) is 16. The first-order valence-corrected chi connectivity index (χ1v) is 16.1. The van der Waals surface area contributed by atoms with Crippen LogP contribution in [0, 0.1) is 17.8 Å². The first-order valence-electron chi connectivity index (χ1n) is 16.1. The summed E-state index contributed by atoms with van der Waals surface area (Å²) in [6.45, 7) is 4.42. The van der Waals surface area contributed by atoms with Crippen LogP contribution in [0.5, 0.6) is 5.75 Å². The molecule has 0 spiro atoms. The number of benzene rings is 1. The van der Waals surface area contributed by atoms with E-state index in [2.05, 4.69) is 0 Å². The summed E-state index contributed by atoms with van der Waals surface area (Å²) >= 11 is 0. The largest absolute Gasteiger partial charge is 0.508 e. The van der Waals surface area contributed by atoms with Gasteiger partial charge in [0, 0.05) is 32.3 Å². The second-order valence-corrected chi connectivity index (χ2v) is 12.9. The van der Waals surface area contributed by atoms with Crippen LogP contribution in [0.1, 0.15) is 46.1 Å². The van der Waals surface area contributed by atoms with E-state index in [1.54, 1.807) is 12.1 Å². The van der Waals surface area contributed by atoms with Crippen LogP contribution < -0.4 is 0 Å². The quantitative estimate of drug-likeness (QED) is 0.106. The van der Waals surface area contributed by atoms with E-state index >= 15 is 0 Å². The summed E-state index contributed by atoms with van der Waals surface area (Å²) in [5.74, 6) is -4.70. The SMILES string of the molecule is CC(=O)OC[C@]1(O)[C@H]2[C@H](OC(=O)CC(C)C)OC=C(CO[C@@H]3O[C@H](COC(=O)C=Cc4ccc(O)cc4)[C@@H](O)[C@H](O)[C@H]3O)[C@H]2C[C@@H]1OC(C)=O. The maximum absolute atomic E-state index is 12.7. The second kappa shape index (κ2) is 16.8. The lowest BCUT2D eigenvalue weighted by Gasteiger charge is -2.42. The lowest BCUT2D eigenvalue weighted by Crippen LogP contribution is -2.59. The lowest BCUT2D eigenvalue weighted by molar-refractivity contribution is -0.300. The molecule has 1 aromatic carbocycles. The molecular formula is C34H44O16. The predicted molar refractivity (Wildman–Crippen MR) is 168 cm³/mol. The highest BCUT2D eigenvalue weighted by Gasteiger charge is 2.63. The molecular weight excluding hydrogens is 664 g/mol. The Morgan fingerprint density at radius 2 is 1.66 bits per heavy atom. The van der Waals surface area contributed by atoms with Gasteiger partial charge in [0.1, 0.15) is 55.1 Å². The molecule has 0 amide bonds. The third-order valence-corrected chi connectivity index (χ3v) is 8.57. The molecule has 2 aliphatic heterocycles. The fraction of sp³-hybridized carbons (Fsp3) is 0.588. The Bertz CT molecular complexity index is 1420. The van der Waals surface area contributed by atoms with Crippen LogP contribution in [0.25, 0.3) is 6.08 Å². The van der Waals surface area contributed by atoms with Crippen LogP contribution in [0.2, 0.25) is 0 Å². The number of phenols is 1. The van der Waals surface area contributed by atoms with E-state index in [0.29, 0.717) is 11.1 Å². The van der Waals surface area contributed by atoms with Crippen molar-refractivity contribution in [1.29, 1.82) is 0 Å². The van der Waals surface area contributed by atoms with Crippen LogP contribution in [0.4, 0.5) is 0 Å². The first kappa shape index (κ1) is 38.7. The Morgan fingerprint density at radius 3 is 2.30 bits per heavy atom. The van der Waals surface area contributed by atoms with Crippen molar-refractivity contribution in [3.63, 3.8) is 0 Å². The molecule has 1 aliphatic carbocycles. The molecule has 10 atom stereocenters. The zero-order valence-corrected chi connectivity index (χ0v) is 28.1. The van der Waals surface area contributed by atoms with Gasteiger partial charge in [-0.15, -0.1) is 0 Å². The average Bonchev–Trinajstić information content (AvgIpc) is 3.33. The molecule has 3 aliphatic rings. The van der Waals surface area contributed by atoms with E-state index in [1.165, 1.54) is 24.5 Å². The number of carbonyl (C=O) groups is 4. The summed E-state index contributed by atoms with van der Waals surface area (Å²) in [5, 5.41) is 53.0. The molecule has 16 nitrogen and oxygen atoms in total. The Morgan fingerprint density at radius 1 is 0.960 bits per heavy atom. The monoisotopic (exact) mass is 708 g/mol. The van der Waals surface area contributed by atoms with Crippen LogP contribution in [-0.2, 0) is 52.3 Å². The molecule has 1 saturated heterocycles. The zero-order valence-electron chi connectivity index (χ0n) is 28.1. The van der Waals surface area contributed by atoms with E-state index in [9.17, 15) is 44.7 Å². The van der Waals surface area contributed by atoms with Gasteiger partial charge in [0.2, 0.25) is 6.29 Å². The van der Waals surface area contributed by atoms with Crippen LogP contribution >= 0.6 is 0 Å². The normalized spacial score (nSPS) is 32.1. The summed E-state index contributed by atoms with van der Waals surface area (Å²) < 4.78 is 38.6. The van der Waals surface area contributed by atoms with Crippen molar-refractivity contribution in [2.45, 2.75) is 89.2 Å². The topological polar surface area (TPSA) is 234 Å². The number of aliphatic hydroxyl groups excluding tert-OH is 3. The fourth-order valence-corrected chi connectivity index (χ4v) is 6.12. The number of ether oxygens (including phenoxy) is 7. The molecule has 0 radical (unpaired) electrons. The van der Waals surface area contributed by atoms with Crippen LogP contribution in [0.15, 0.2) is 42.2 Å². The molecule has 5 N–H and O–H groups in total. The molecule has 0 bridgehead atoms. The van der Waals surface area contributed by atoms with Gasteiger partial charge in [-0.2, -0.15) is 0 Å².